The van der Waals surface area contributed by atoms with E-state index in [4.69, 9.17) is 4.74 Å². The highest BCUT2D eigenvalue weighted by atomic mass is 19.1. The smallest absolute Gasteiger partial charge is 0.410 e. The van der Waals surface area contributed by atoms with Crippen LogP contribution >= 0.6 is 0 Å². The van der Waals surface area contributed by atoms with Crippen LogP contribution in [0.2, 0.25) is 0 Å². The maximum absolute atomic E-state index is 13.0. The van der Waals surface area contributed by atoms with E-state index in [2.05, 4.69) is 0 Å². The van der Waals surface area contributed by atoms with Gasteiger partial charge in [0.15, 0.2) is 0 Å². The summed E-state index contributed by atoms with van der Waals surface area (Å²) in [6.45, 7) is 6.33. The molecule has 1 heterocycles. The van der Waals surface area contributed by atoms with E-state index in [9.17, 15) is 14.0 Å². The Bertz CT molecular complexity index is 610. The average Bonchev–Trinajstić information content (AvgIpc) is 2.54. The fraction of sp³-hybridized carbons (Fsp3) is 0.579. The zero-order chi connectivity index (χ0) is 18.6. The molecule has 0 spiro atoms. The summed E-state index contributed by atoms with van der Waals surface area (Å²) in [5, 5.41) is 0. The highest BCUT2D eigenvalue weighted by Crippen LogP contribution is 2.22. The normalized spacial score (nSPS) is 18.0. The summed E-state index contributed by atoms with van der Waals surface area (Å²) in [5.74, 6) is -0.420. The summed E-state index contributed by atoms with van der Waals surface area (Å²) >= 11 is 0. The van der Waals surface area contributed by atoms with E-state index >= 15 is 0 Å². The Morgan fingerprint density at radius 1 is 1.24 bits per heavy atom. The van der Waals surface area contributed by atoms with Crippen LogP contribution in [-0.4, -0.2) is 47.0 Å². The van der Waals surface area contributed by atoms with E-state index in [0.29, 0.717) is 19.5 Å². The molecule has 0 bridgehead atoms. The first kappa shape index (κ1) is 19.2. The number of hydrogen-bond donors (Lipinski definition) is 0. The molecule has 1 aliphatic heterocycles. The molecule has 2 rings (SSSR count). The van der Waals surface area contributed by atoms with Gasteiger partial charge < -0.3 is 9.64 Å². The Morgan fingerprint density at radius 2 is 1.88 bits per heavy atom. The summed E-state index contributed by atoms with van der Waals surface area (Å²) in [4.78, 5) is 28.4. The molecule has 1 aromatic carbocycles. The molecular weight excluding hydrogens is 323 g/mol. The molecule has 0 N–H and O–H groups in total. The van der Waals surface area contributed by atoms with Gasteiger partial charge in [0, 0.05) is 20.1 Å². The van der Waals surface area contributed by atoms with E-state index in [-0.39, 0.29) is 11.7 Å². The third-order valence-electron chi connectivity index (χ3n) is 4.13. The molecule has 2 amide bonds. The molecule has 0 aromatic heterocycles. The number of piperidine rings is 1. The van der Waals surface area contributed by atoms with Gasteiger partial charge in [-0.05, 0) is 57.7 Å². The van der Waals surface area contributed by atoms with Gasteiger partial charge in [0.2, 0.25) is 5.91 Å². The van der Waals surface area contributed by atoms with Crippen LogP contribution in [0.3, 0.4) is 0 Å². The van der Waals surface area contributed by atoms with Gasteiger partial charge in [-0.1, -0.05) is 12.1 Å². The zero-order valence-electron chi connectivity index (χ0n) is 15.4. The number of benzene rings is 1. The van der Waals surface area contributed by atoms with Crippen molar-refractivity contribution >= 4 is 12.0 Å². The average molecular weight is 350 g/mol. The first-order chi connectivity index (χ1) is 11.7. The molecule has 1 atom stereocenters. The van der Waals surface area contributed by atoms with Gasteiger partial charge in [-0.2, -0.15) is 0 Å². The first-order valence-electron chi connectivity index (χ1n) is 8.66. The van der Waals surface area contributed by atoms with Crippen molar-refractivity contribution in [3.63, 3.8) is 0 Å². The monoisotopic (exact) mass is 350 g/mol. The quantitative estimate of drug-likeness (QED) is 0.837. The number of likely N-dealkylation sites (tertiary alicyclic amines) is 1. The number of halogens is 1. The lowest BCUT2D eigenvalue weighted by Crippen LogP contribution is -2.53. The Balaban J connectivity index is 2.05. The molecule has 1 saturated heterocycles. The molecule has 1 aromatic rings. The second-order valence-corrected chi connectivity index (χ2v) is 7.51. The van der Waals surface area contributed by atoms with Gasteiger partial charge in [0.05, 0.1) is 0 Å². The molecule has 6 heteroatoms. The van der Waals surface area contributed by atoms with E-state index < -0.39 is 17.7 Å². The number of nitrogens with zero attached hydrogens (tertiary/aromatic N) is 2. The van der Waals surface area contributed by atoms with E-state index in [1.54, 1.807) is 24.1 Å². The number of amides is 2. The summed E-state index contributed by atoms with van der Waals surface area (Å²) in [6.07, 6.45) is 1.96. The van der Waals surface area contributed by atoms with Crippen molar-refractivity contribution in [3.05, 3.63) is 35.6 Å². The summed E-state index contributed by atoms with van der Waals surface area (Å²) in [7, 11) is 1.70. The van der Waals surface area contributed by atoms with Gasteiger partial charge in [0.25, 0.3) is 0 Å². The Labute approximate surface area is 148 Å². The second-order valence-electron chi connectivity index (χ2n) is 7.51. The minimum Gasteiger partial charge on any atom is -0.444 e. The molecule has 0 aliphatic carbocycles. The fourth-order valence-corrected chi connectivity index (χ4v) is 2.92. The number of carbonyl (C=O) groups excluding carboxylic acids is 2. The van der Waals surface area contributed by atoms with Crippen molar-refractivity contribution in [2.75, 3.05) is 13.6 Å². The maximum Gasteiger partial charge on any atom is 0.410 e. The minimum absolute atomic E-state index is 0.116. The van der Waals surface area contributed by atoms with Crippen molar-refractivity contribution in [1.29, 1.82) is 0 Å². The van der Waals surface area contributed by atoms with Crippen molar-refractivity contribution in [3.8, 4) is 0 Å². The molecule has 0 unspecified atom stereocenters. The Morgan fingerprint density at radius 3 is 2.48 bits per heavy atom. The summed E-state index contributed by atoms with van der Waals surface area (Å²) in [5.41, 5.74) is 0.249. The molecule has 1 aliphatic rings. The minimum atomic E-state index is -0.595. The number of carbonyl (C=O) groups is 2. The van der Waals surface area contributed by atoms with Crippen molar-refractivity contribution in [1.82, 2.24) is 9.80 Å². The van der Waals surface area contributed by atoms with E-state index in [1.807, 2.05) is 20.8 Å². The Hall–Kier alpha value is -2.11. The molecule has 5 nitrogen and oxygen atoms in total. The van der Waals surface area contributed by atoms with Crippen LogP contribution in [0.1, 0.15) is 45.6 Å². The highest BCUT2D eigenvalue weighted by Gasteiger charge is 2.36. The van der Waals surface area contributed by atoms with Crippen LogP contribution < -0.4 is 0 Å². The Kier molecular flexibility index (Phi) is 6.03. The van der Waals surface area contributed by atoms with Crippen LogP contribution in [0.15, 0.2) is 24.3 Å². The van der Waals surface area contributed by atoms with Crippen LogP contribution in [0.25, 0.3) is 0 Å². The third kappa shape index (κ3) is 5.44. The number of ether oxygens (including phenoxy) is 1. The number of hydrogen-bond acceptors (Lipinski definition) is 3. The van der Waals surface area contributed by atoms with Gasteiger partial charge in [0.1, 0.15) is 17.5 Å². The van der Waals surface area contributed by atoms with Crippen LogP contribution in [-0.2, 0) is 16.1 Å². The molecule has 25 heavy (non-hydrogen) atoms. The third-order valence-corrected chi connectivity index (χ3v) is 4.13. The standard InChI is InChI=1S/C19H27FN2O3/c1-19(2,3)25-18(24)22-12-6-5-7-16(22)17(23)21(4)13-14-8-10-15(20)11-9-14/h8-11,16H,5-7,12-13H2,1-4H3/t16-/m0/s1. The van der Waals surface area contributed by atoms with Crippen molar-refractivity contribution in [2.45, 2.75) is 58.2 Å². The first-order valence-corrected chi connectivity index (χ1v) is 8.66. The van der Waals surface area contributed by atoms with Crippen molar-refractivity contribution < 1.29 is 18.7 Å². The molecule has 0 radical (unpaired) electrons. The predicted octanol–water partition coefficient (Wildman–Crippen LogP) is 3.57. The topological polar surface area (TPSA) is 49.9 Å². The van der Waals surface area contributed by atoms with Gasteiger partial charge >= 0.3 is 6.09 Å². The lowest BCUT2D eigenvalue weighted by Gasteiger charge is -2.37. The molecule has 1 fully saturated rings. The van der Waals surface area contributed by atoms with Crippen molar-refractivity contribution in [2.24, 2.45) is 0 Å². The molecule has 0 saturated carbocycles. The van der Waals surface area contributed by atoms with Crippen LogP contribution in [0, 0.1) is 5.82 Å². The number of rotatable bonds is 3. The van der Waals surface area contributed by atoms with Crippen LogP contribution in [0.4, 0.5) is 9.18 Å². The van der Waals surface area contributed by atoms with E-state index in [0.717, 1.165) is 18.4 Å². The SMILES string of the molecule is CN(Cc1ccc(F)cc1)C(=O)[C@@H]1CCCCN1C(=O)OC(C)(C)C. The van der Waals surface area contributed by atoms with Gasteiger partial charge in [-0.3, -0.25) is 9.69 Å². The zero-order valence-corrected chi connectivity index (χ0v) is 15.4. The summed E-state index contributed by atoms with van der Waals surface area (Å²) in [6, 6.07) is 5.56. The largest absolute Gasteiger partial charge is 0.444 e. The fourth-order valence-electron chi connectivity index (χ4n) is 2.92. The highest BCUT2D eigenvalue weighted by molar-refractivity contribution is 5.85. The number of likely N-dealkylation sites (N-methyl/N-ethyl adjacent to an activating group) is 1. The molecular formula is C19H27FN2O3. The van der Waals surface area contributed by atoms with E-state index in [1.165, 1.54) is 17.0 Å². The van der Waals surface area contributed by atoms with Gasteiger partial charge in [-0.15, -0.1) is 0 Å². The second kappa shape index (κ2) is 7.85. The van der Waals surface area contributed by atoms with Gasteiger partial charge in [-0.25, -0.2) is 9.18 Å². The maximum atomic E-state index is 13.0. The molecule has 138 valence electrons. The lowest BCUT2D eigenvalue weighted by molar-refractivity contribution is -0.137. The predicted molar refractivity (Wildman–Crippen MR) is 93.5 cm³/mol. The summed E-state index contributed by atoms with van der Waals surface area (Å²) < 4.78 is 18.5. The van der Waals surface area contributed by atoms with Crippen LogP contribution in [0.5, 0.6) is 0 Å². The lowest BCUT2D eigenvalue weighted by atomic mass is 10.0.